The third kappa shape index (κ3) is 2.04. The Hall–Kier alpha value is -0.920. The van der Waals surface area contributed by atoms with Crippen molar-refractivity contribution >= 4 is 12.0 Å². The maximum Gasteiger partial charge on any atom is 0.158 e. The van der Waals surface area contributed by atoms with Crippen LogP contribution in [0.2, 0.25) is 0 Å². The van der Waals surface area contributed by atoms with Crippen LogP contribution in [-0.4, -0.2) is 18.0 Å². The number of aliphatic imine (C=N–C) groups is 1. The molecule has 1 atom stereocenters. The number of nitrogens with zero attached hydrogens (tertiary/aromatic N) is 1. The first-order chi connectivity index (χ1) is 6.99. The molecule has 1 aliphatic carbocycles. The Labute approximate surface area is 91.5 Å². The molecule has 0 bridgehead atoms. The Morgan fingerprint density at radius 2 is 2.13 bits per heavy atom. The molecule has 2 nitrogen and oxygen atoms in total. The zero-order valence-electron chi connectivity index (χ0n) is 9.84. The van der Waals surface area contributed by atoms with Gasteiger partial charge in [-0.2, -0.15) is 0 Å². The first-order valence-corrected chi connectivity index (χ1v) is 5.77. The van der Waals surface area contributed by atoms with Gasteiger partial charge in [0.1, 0.15) is 0 Å². The molecule has 1 aliphatic heterocycles. The second-order valence-corrected chi connectivity index (χ2v) is 5.41. The van der Waals surface area contributed by atoms with Crippen LogP contribution < -0.4 is 0 Å². The van der Waals surface area contributed by atoms with Gasteiger partial charge in [-0.15, -0.1) is 0 Å². The summed E-state index contributed by atoms with van der Waals surface area (Å²) >= 11 is 0. The molecule has 0 aromatic rings. The summed E-state index contributed by atoms with van der Waals surface area (Å²) in [4.78, 5) is 16.2. The smallest absolute Gasteiger partial charge is 0.158 e. The standard InChI is InChI=1S/C13H19NO/c1-9-10(5-4-6-12(9)15)11-7-13(2,3)8-14-11/h8,11H,4-7H2,1-3H3. The molecular weight excluding hydrogens is 186 g/mol. The van der Waals surface area contributed by atoms with Crippen LogP contribution in [0.3, 0.4) is 0 Å². The molecule has 0 radical (unpaired) electrons. The van der Waals surface area contributed by atoms with Gasteiger partial charge in [-0.3, -0.25) is 9.79 Å². The van der Waals surface area contributed by atoms with Crippen LogP contribution in [0.15, 0.2) is 16.1 Å². The lowest BCUT2D eigenvalue weighted by Crippen LogP contribution is -2.19. The van der Waals surface area contributed by atoms with Crippen molar-refractivity contribution in [1.82, 2.24) is 0 Å². The molecular formula is C13H19NO. The summed E-state index contributed by atoms with van der Waals surface area (Å²) < 4.78 is 0. The van der Waals surface area contributed by atoms with Crippen molar-refractivity contribution < 1.29 is 4.79 Å². The Morgan fingerprint density at radius 3 is 2.73 bits per heavy atom. The molecule has 0 aromatic carbocycles. The lowest BCUT2D eigenvalue weighted by molar-refractivity contribution is -0.116. The number of Topliss-reactive ketones (excluding diaryl/α,β-unsaturated/α-hetero) is 1. The molecule has 2 heteroatoms. The van der Waals surface area contributed by atoms with Gasteiger partial charge < -0.3 is 0 Å². The van der Waals surface area contributed by atoms with E-state index in [0.717, 1.165) is 31.3 Å². The molecule has 82 valence electrons. The van der Waals surface area contributed by atoms with E-state index < -0.39 is 0 Å². The summed E-state index contributed by atoms with van der Waals surface area (Å²) in [7, 11) is 0. The van der Waals surface area contributed by atoms with Crippen molar-refractivity contribution in [3.63, 3.8) is 0 Å². The van der Waals surface area contributed by atoms with Gasteiger partial charge in [-0.05, 0) is 37.3 Å². The lowest BCUT2D eigenvalue weighted by Gasteiger charge is -2.22. The summed E-state index contributed by atoms with van der Waals surface area (Å²) in [5.74, 6) is 0.330. The van der Waals surface area contributed by atoms with Crippen LogP contribution in [0.25, 0.3) is 0 Å². The van der Waals surface area contributed by atoms with Crippen LogP contribution in [0, 0.1) is 5.41 Å². The lowest BCUT2D eigenvalue weighted by atomic mass is 9.82. The van der Waals surface area contributed by atoms with Crippen molar-refractivity contribution in [2.24, 2.45) is 10.4 Å². The largest absolute Gasteiger partial charge is 0.295 e. The predicted molar refractivity (Wildman–Crippen MR) is 62.2 cm³/mol. The second-order valence-electron chi connectivity index (χ2n) is 5.41. The molecule has 0 N–H and O–H groups in total. The van der Waals surface area contributed by atoms with Crippen LogP contribution in [0.4, 0.5) is 0 Å². The topological polar surface area (TPSA) is 29.4 Å². The molecule has 2 rings (SSSR count). The highest BCUT2D eigenvalue weighted by molar-refractivity contribution is 5.96. The molecule has 0 saturated carbocycles. The van der Waals surface area contributed by atoms with E-state index in [1.807, 2.05) is 6.92 Å². The molecule has 0 fully saturated rings. The fourth-order valence-corrected chi connectivity index (χ4v) is 2.52. The van der Waals surface area contributed by atoms with Crippen molar-refractivity contribution in [2.75, 3.05) is 0 Å². The quantitative estimate of drug-likeness (QED) is 0.647. The average molecular weight is 205 g/mol. The van der Waals surface area contributed by atoms with Crippen LogP contribution in [0.1, 0.15) is 46.5 Å². The van der Waals surface area contributed by atoms with E-state index >= 15 is 0 Å². The molecule has 0 spiro atoms. The van der Waals surface area contributed by atoms with Gasteiger partial charge in [0.15, 0.2) is 5.78 Å². The summed E-state index contributed by atoms with van der Waals surface area (Å²) in [6.45, 7) is 6.38. The van der Waals surface area contributed by atoms with E-state index in [4.69, 9.17) is 0 Å². The van der Waals surface area contributed by atoms with E-state index in [1.54, 1.807) is 0 Å². The van der Waals surface area contributed by atoms with Crippen molar-refractivity contribution in [2.45, 2.75) is 52.5 Å². The normalized spacial score (nSPS) is 30.1. The highest BCUT2D eigenvalue weighted by Crippen LogP contribution is 2.36. The summed E-state index contributed by atoms with van der Waals surface area (Å²) in [6, 6.07) is 0.282. The van der Waals surface area contributed by atoms with Crippen molar-refractivity contribution in [1.29, 1.82) is 0 Å². The number of rotatable bonds is 1. The van der Waals surface area contributed by atoms with E-state index in [0.29, 0.717) is 5.78 Å². The number of carbonyl (C=O) groups excluding carboxylic acids is 1. The van der Waals surface area contributed by atoms with E-state index in [2.05, 4.69) is 25.1 Å². The maximum atomic E-state index is 11.6. The first kappa shape index (κ1) is 10.6. The molecule has 1 unspecified atom stereocenters. The fraction of sp³-hybridized carbons (Fsp3) is 0.692. The maximum absolute atomic E-state index is 11.6. The molecule has 0 saturated heterocycles. The number of carbonyl (C=O) groups is 1. The Kier molecular flexibility index (Phi) is 2.53. The predicted octanol–water partition coefficient (Wildman–Crippen LogP) is 2.93. The number of ketones is 1. The van der Waals surface area contributed by atoms with Crippen LogP contribution in [0.5, 0.6) is 0 Å². The fourth-order valence-electron chi connectivity index (χ4n) is 2.52. The number of hydrogen-bond acceptors (Lipinski definition) is 2. The first-order valence-electron chi connectivity index (χ1n) is 5.77. The van der Waals surface area contributed by atoms with Crippen LogP contribution >= 0.6 is 0 Å². The second kappa shape index (κ2) is 3.58. The Balaban J connectivity index is 2.22. The van der Waals surface area contributed by atoms with E-state index in [1.165, 1.54) is 5.57 Å². The van der Waals surface area contributed by atoms with Gasteiger partial charge >= 0.3 is 0 Å². The van der Waals surface area contributed by atoms with Gasteiger partial charge in [0, 0.05) is 18.1 Å². The summed E-state index contributed by atoms with van der Waals surface area (Å²) in [6.07, 6.45) is 5.92. The van der Waals surface area contributed by atoms with Gasteiger partial charge in [-0.25, -0.2) is 0 Å². The van der Waals surface area contributed by atoms with E-state index in [-0.39, 0.29) is 11.5 Å². The minimum absolute atomic E-state index is 0.207. The van der Waals surface area contributed by atoms with E-state index in [9.17, 15) is 4.79 Å². The third-order valence-corrected chi connectivity index (χ3v) is 3.48. The molecule has 0 amide bonds. The van der Waals surface area contributed by atoms with Gasteiger partial charge in [-0.1, -0.05) is 13.8 Å². The average Bonchev–Trinajstić information content (AvgIpc) is 2.51. The molecule has 15 heavy (non-hydrogen) atoms. The SMILES string of the molecule is CC1=C(C2CC(C)(C)C=N2)CCCC1=O. The minimum Gasteiger partial charge on any atom is -0.295 e. The third-order valence-electron chi connectivity index (χ3n) is 3.48. The van der Waals surface area contributed by atoms with Crippen molar-refractivity contribution in [3.05, 3.63) is 11.1 Å². The molecule has 0 aromatic heterocycles. The molecule has 2 aliphatic rings. The van der Waals surface area contributed by atoms with Crippen molar-refractivity contribution in [3.8, 4) is 0 Å². The highest BCUT2D eigenvalue weighted by Gasteiger charge is 2.31. The van der Waals surface area contributed by atoms with Gasteiger partial charge in [0.25, 0.3) is 0 Å². The minimum atomic E-state index is 0.207. The zero-order valence-corrected chi connectivity index (χ0v) is 9.84. The highest BCUT2D eigenvalue weighted by atomic mass is 16.1. The Morgan fingerprint density at radius 1 is 1.40 bits per heavy atom. The summed E-state index contributed by atoms with van der Waals surface area (Å²) in [5, 5.41) is 0. The zero-order chi connectivity index (χ0) is 11.1. The molecule has 1 heterocycles. The number of allylic oxidation sites excluding steroid dienone is 1. The Bertz CT molecular complexity index is 350. The van der Waals surface area contributed by atoms with Gasteiger partial charge in [0.05, 0.1) is 6.04 Å². The monoisotopic (exact) mass is 205 g/mol. The van der Waals surface area contributed by atoms with Crippen LogP contribution in [-0.2, 0) is 4.79 Å². The summed E-state index contributed by atoms with van der Waals surface area (Å²) in [5.41, 5.74) is 2.49. The number of hydrogen-bond donors (Lipinski definition) is 0. The van der Waals surface area contributed by atoms with Gasteiger partial charge in [0.2, 0.25) is 0 Å².